The Morgan fingerprint density at radius 3 is 2.75 bits per heavy atom. The van der Waals surface area contributed by atoms with Crippen LogP contribution in [0, 0.1) is 6.92 Å². The number of halogens is 3. The Labute approximate surface area is 115 Å². The van der Waals surface area contributed by atoms with Crippen molar-refractivity contribution in [1.29, 1.82) is 0 Å². The predicted molar refractivity (Wildman–Crippen MR) is 69.9 cm³/mol. The molecule has 1 N–H and O–H groups in total. The molecule has 2 nitrogen and oxygen atoms in total. The number of fused-ring (bicyclic) bond motifs is 1. The van der Waals surface area contributed by atoms with E-state index in [4.69, 9.17) is 4.74 Å². The van der Waals surface area contributed by atoms with Crippen molar-refractivity contribution in [3.8, 4) is 5.75 Å². The van der Waals surface area contributed by atoms with Gasteiger partial charge in [-0.1, -0.05) is 30.4 Å². The highest BCUT2D eigenvalue weighted by Crippen LogP contribution is 2.44. The molecule has 0 aromatic heterocycles. The average molecular weight is 286 g/mol. The average Bonchev–Trinajstić information content (AvgIpc) is 2.38. The number of benzene rings is 1. The third-order valence-corrected chi connectivity index (χ3v) is 3.72. The van der Waals surface area contributed by atoms with E-state index in [-0.39, 0.29) is 0 Å². The normalized spacial score (nSPS) is 21.6. The van der Waals surface area contributed by atoms with Crippen LogP contribution in [0.5, 0.6) is 5.75 Å². The van der Waals surface area contributed by atoms with Crippen LogP contribution >= 0.6 is 0 Å². The quantitative estimate of drug-likeness (QED) is 0.858. The van der Waals surface area contributed by atoms with Crippen LogP contribution in [0.25, 0.3) is 0 Å². The highest BCUT2D eigenvalue weighted by atomic mass is 19.4. The van der Waals surface area contributed by atoms with E-state index >= 15 is 0 Å². The zero-order chi connectivity index (χ0) is 15.0. The fourth-order valence-electron chi connectivity index (χ4n) is 2.49. The van der Waals surface area contributed by atoms with Crippen LogP contribution in [-0.2, 0) is 0 Å². The standard InChI is InChI=1S/C15H17F3O2/c1-3-14(19,15(16,17)18)9-11-6-7-20-13-5-4-10(2)8-12(11)13/h3-5,8,11,19H,1,6-7,9H2,2H3. The lowest BCUT2D eigenvalue weighted by atomic mass is 9.82. The van der Waals surface area contributed by atoms with Crippen molar-refractivity contribution in [2.24, 2.45) is 0 Å². The van der Waals surface area contributed by atoms with E-state index in [2.05, 4.69) is 6.58 Å². The molecule has 2 rings (SSSR count). The minimum atomic E-state index is -4.73. The summed E-state index contributed by atoms with van der Waals surface area (Å²) in [4.78, 5) is 0. The van der Waals surface area contributed by atoms with Crippen LogP contribution in [0.4, 0.5) is 13.2 Å². The summed E-state index contributed by atoms with van der Waals surface area (Å²) in [7, 11) is 0. The smallest absolute Gasteiger partial charge is 0.420 e. The number of alkyl halides is 3. The van der Waals surface area contributed by atoms with Crippen LogP contribution in [-0.4, -0.2) is 23.5 Å². The molecule has 0 bridgehead atoms. The first kappa shape index (κ1) is 14.9. The third kappa shape index (κ3) is 2.68. The lowest BCUT2D eigenvalue weighted by molar-refractivity contribution is -0.243. The number of aryl methyl sites for hydroxylation is 1. The first-order valence-corrected chi connectivity index (χ1v) is 6.43. The molecular weight excluding hydrogens is 269 g/mol. The van der Waals surface area contributed by atoms with Gasteiger partial charge in [-0.15, -0.1) is 0 Å². The van der Waals surface area contributed by atoms with Gasteiger partial charge < -0.3 is 9.84 Å². The molecule has 0 radical (unpaired) electrons. The van der Waals surface area contributed by atoms with Gasteiger partial charge in [0.2, 0.25) is 0 Å². The Morgan fingerprint density at radius 1 is 1.45 bits per heavy atom. The Balaban J connectivity index is 2.32. The lowest BCUT2D eigenvalue weighted by Crippen LogP contribution is -2.44. The molecule has 110 valence electrons. The number of aliphatic hydroxyl groups is 1. The van der Waals surface area contributed by atoms with Gasteiger partial charge in [0.25, 0.3) is 0 Å². The van der Waals surface area contributed by atoms with Gasteiger partial charge in [0, 0.05) is 0 Å². The monoisotopic (exact) mass is 286 g/mol. The Morgan fingerprint density at radius 2 is 2.15 bits per heavy atom. The molecule has 0 spiro atoms. The van der Waals surface area contributed by atoms with Crippen molar-refractivity contribution in [3.05, 3.63) is 42.0 Å². The molecule has 5 heteroatoms. The third-order valence-electron chi connectivity index (χ3n) is 3.72. The van der Waals surface area contributed by atoms with Gasteiger partial charge >= 0.3 is 6.18 Å². The number of hydrogen-bond acceptors (Lipinski definition) is 2. The summed E-state index contributed by atoms with van der Waals surface area (Å²) < 4.78 is 44.3. The summed E-state index contributed by atoms with van der Waals surface area (Å²) in [5.74, 6) is 0.198. The SMILES string of the molecule is C=CC(O)(CC1CCOc2ccc(C)cc21)C(F)(F)F. The van der Waals surface area contributed by atoms with Gasteiger partial charge in [0.05, 0.1) is 6.61 Å². The lowest BCUT2D eigenvalue weighted by Gasteiger charge is -2.34. The number of rotatable bonds is 3. The first-order valence-electron chi connectivity index (χ1n) is 6.43. The molecule has 2 atom stereocenters. The molecule has 2 unspecified atom stereocenters. The highest BCUT2D eigenvalue weighted by molar-refractivity contribution is 5.41. The van der Waals surface area contributed by atoms with E-state index in [1.165, 1.54) is 0 Å². The van der Waals surface area contributed by atoms with Gasteiger partial charge in [0.1, 0.15) is 5.75 Å². The summed E-state index contributed by atoms with van der Waals surface area (Å²) in [6, 6.07) is 5.43. The largest absolute Gasteiger partial charge is 0.493 e. The summed E-state index contributed by atoms with van der Waals surface area (Å²) in [5, 5.41) is 9.82. The fraction of sp³-hybridized carbons (Fsp3) is 0.467. The van der Waals surface area contributed by atoms with Crippen molar-refractivity contribution in [2.45, 2.75) is 37.5 Å². The van der Waals surface area contributed by atoms with Gasteiger partial charge in [0.15, 0.2) is 5.60 Å². The van der Waals surface area contributed by atoms with Crippen LogP contribution < -0.4 is 4.74 Å². The first-order chi connectivity index (χ1) is 9.27. The van der Waals surface area contributed by atoms with Gasteiger partial charge in [-0.3, -0.25) is 0 Å². The van der Waals surface area contributed by atoms with Gasteiger partial charge in [-0.2, -0.15) is 13.2 Å². The maximum atomic E-state index is 13.0. The second-order valence-electron chi connectivity index (χ2n) is 5.21. The molecule has 1 aromatic rings. The predicted octanol–water partition coefficient (Wildman–Crippen LogP) is 3.73. The van der Waals surface area contributed by atoms with E-state index in [1.54, 1.807) is 6.07 Å². The molecule has 0 amide bonds. The van der Waals surface area contributed by atoms with E-state index in [1.807, 2.05) is 19.1 Å². The van der Waals surface area contributed by atoms with E-state index in [0.29, 0.717) is 24.9 Å². The summed E-state index contributed by atoms with van der Waals surface area (Å²) >= 11 is 0. The fourth-order valence-corrected chi connectivity index (χ4v) is 2.49. The van der Waals surface area contributed by atoms with Crippen molar-refractivity contribution in [2.75, 3.05) is 6.61 Å². The second-order valence-corrected chi connectivity index (χ2v) is 5.21. The van der Waals surface area contributed by atoms with Crippen molar-refractivity contribution in [3.63, 3.8) is 0 Å². The van der Waals surface area contributed by atoms with Crippen LogP contribution in [0.1, 0.15) is 29.9 Å². The molecule has 0 fully saturated rings. The van der Waals surface area contributed by atoms with E-state index in [9.17, 15) is 18.3 Å². The molecule has 1 aliphatic heterocycles. The van der Waals surface area contributed by atoms with Gasteiger partial charge in [-0.05, 0) is 37.3 Å². The summed E-state index contributed by atoms with van der Waals surface area (Å²) in [5.41, 5.74) is -1.19. The molecule has 1 aliphatic rings. The van der Waals surface area contributed by atoms with Gasteiger partial charge in [-0.25, -0.2) is 0 Å². The summed E-state index contributed by atoms with van der Waals surface area (Å²) in [6.07, 6.45) is -4.13. The van der Waals surface area contributed by atoms with Crippen LogP contribution in [0.2, 0.25) is 0 Å². The Kier molecular flexibility index (Phi) is 3.82. The van der Waals surface area contributed by atoms with E-state index in [0.717, 1.165) is 11.1 Å². The molecule has 1 heterocycles. The van der Waals surface area contributed by atoms with Crippen LogP contribution in [0.15, 0.2) is 30.9 Å². The minimum absolute atomic E-state index is 0.353. The van der Waals surface area contributed by atoms with Crippen molar-refractivity contribution >= 4 is 0 Å². The number of ether oxygens (including phenoxy) is 1. The summed E-state index contributed by atoms with van der Waals surface area (Å²) in [6.45, 7) is 5.36. The highest BCUT2D eigenvalue weighted by Gasteiger charge is 2.52. The maximum absolute atomic E-state index is 13.0. The topological polar surface area (TPSA) is 29.5 Å². The molecule has 20 heavy (non-hydrogen) atoms. The van der Waals surface area contributed by atoms with Crippen molar-refractivity contribution < 1.29 is 23.0 Å². The molecule has 1 aromatic carbocycles. The molecule has 0 saturated heterocycles. The maximum Gasteiger partial charge on any atom is 0.420 e. The molecular formula is C15H17F3O2. The zero-order valence-electron chi connectivity index (χ0n) is 11.2. The van der Waals surface area contributed by atoms with E-state index < -0.39 is 24.1 Å². The molecule has 0 saturated carbocycles. The van der Waals surface area contributed by atoms with Crippen LogP contribution in [0.3, 0.4) is 0 Å². The zero-order valence-corrected chi connectivity index (χ0v) is 11.2. The minimum Gasteiger partial charge on any atom is -0.493 e. The number of hydrogen-bond donors (Lipinski definition) is 1. The Hall–Kier alpha value is -1.49. The second kappa shape index (κ2) is 5.13. The Bertz CT molecular complexity index is 510. The van der Waals surface area contributed by atoms with Crippen molar-refractivity contribution in [1.82, 2.24) is 0 Å². The molecule has 0 aliphatic carbocycles.